The van der Waals surface area contributed by atoms with E-state index in [0.29, 0.717) is 41.1 Å². The van der Waals surface area contributed by atoms with E-state index in [-0.39, 0.29) is 34.9 Å². The topological polar surface area (TPSA) is 124 Å². The monoisotopic (exact) mass is 601 g/mol. The Morgan fingerprint density at radius 3 is 2.63 bits per heavy atom. The molecule has 1 saturated heterocycles. The molecule has 3 aromatic carbocycles. The lowest BCUT2D eigenvalue weighted by molar-refractivity contribution is 0.0255. The molecule has 2 aromatic heterocycles. The molecule has 1 aliphatic rings. The first-order valence-corrected chi connectivity index (χ1v) is 15.5. The van der Waals surface area contributed by atoms with Crippen LogP contribution >= 0.6 is 0 Å². The van der Waals surface area contributed by atoms with E-state index >= 15 is 4.39 Å². The van der Waals surface area contributed by atoms with Gasteiger partial charge in [0.05, 0.1) is 24.2 Å². The molecule has 0 radical (unpaired) electrons. The fourth-order valence-corrected chi connectivity index (χ4v) is 5.89. The van der Waals surface area contributed by atoms with Crippen LogP contribution in [0.1, 0.15) is 17.2 Å². The summed E-state index contributed by atoms with van der Waals surface area (Å²) in [4.78, 5) is 22.9. The predicted molar refractivity (Wildman–Crippen MR) is 160 cm³/mol. The van der Waals surface area contributed by atoms with Crippen molar-refractivity contribution in [2.75, 3.05) is 31.3 Å². The summed E-state index contributed by atoms with van der Waals surface area (Å²) in [6, 6.07) is 21.6. The van der Waals surface area contributed by atoms with Crippen LogP contribution in [0, 0.1) is 5.82 Å². The number of pyridine rings is 1. The zero-order valence-corrected chi connectivity index (χ0v) is 24.0. The molecule has 1 unspecified atom stereocenters. The number of nitrogens with one attached hydrogen (secondary N) is 2. The minimum Gasteiger partial charge on any atom is -0.452 e. The summed E-state index contributed by atoms with van der Waals surface area (Å²) in [6.45, 7) is 1.65. The third-order valence-electron chi connectivity index (χ3n) is 7.00. The van der Waals surface area contributed by atoms with E-state index in [1.54, 1.807) is 60.7 Å². The van der Waals surface area contributed by atoms with Crippen LogP contribution in [0.2, 0.25) is 0 Å². The van der Waals surface area contributed by atoms with Crippen molar-refractivity contribution in [1.29, 1.82) is 0 Å². The summed E-state index contributed by atoms with van der Waals surface area (Å²) in [5, 5.41) is 6.68. The van der Waals surface area contributed by atoms with Crippen LogP contribution < -0.4 is 20.9 Å². The van der Waals surface area contributed by atoms with Gasteiger partial charge in [0.15, 0.2) is 15.6 Å². The molecule has 43 heavy (non-hydrogen) atoms. The lowest BCUT2D eigenvalue weighted by atomic mass is 10.1. The van der Waals surface area contributed by atoms with Gasteiger partial charge in [0.1, 0.15) is 17.2 Å². The molecule has 6 rings (SSSR count). The average molecular weight is 602 g/mol. The molecule has 10 nitrogen and oxygen atoms in total. The van der Waals surface area contributed by atoms with Crippen LogP contribution in [-0.2, 0) is 21.1 Å². The lowest BCUT2D eigenvalue weighted by Crippen LogP contribution is -2.33. The SMILES string of the molecule is CS(=O)(=O)c1ccccc1Cn1c(=O)c(Oc2ccccc2)cc2cnc(Nc3ccc(C4CNCCO4)c(F)c3)nc21. The van der Waals surface area contributed by atoms with Crippen molar-refractivity contribution in [3.05, 3.63) is 112 Å². The number of ether oxygens (including phenoxy) is 2. The van der Waals surface area contributed by atoms with Crippen LogP contribution in [0.4, 0.5) is 16.0 Å². The molecule has 1 atom stereocenters. The van der Waals surface area contributed by atoms with Crippen LogP contribution in [0.25, 0.3) is 11.0 Å². The van der Waals surface area contributed by atoms with Crippen LogP contribution in [0.5, 0.6) is 11.5 Å². The van der Waals surface area contributed by atoms with Crippen molar-refractivity contribution < 1.29 is 22.3 Å². The maximum absolute atomic E-state index is 15.0. The largest absolute Gasteiger partial charge is 0.452 e. The number of fused-ring (bicyclic) bond motifs is 1. The molecule has 0 spiro atoms. The molecule has 220 valence electrons. The smallest absolute Gasteiger partial charge is 0.295 e. The summed E-state index contributed by atoms with van der Waals surface area (Å²) in [5.41, 5.74) is 0.993. The molecule has 1 aliphatic heterocycles. The number of hydrogen-bond donors (Lipinski definition) is 2. The Morgan fingerprint density at radius 1 is 1.09 bits per heavy atom. The second-order valence-corrected chi connectivity index (χ2v) is 12.1. The Labute approximate surface area is 247 Å². The number of rotatable bonds is 8. The molecule has 3 heterocycles. The zero-order chi connectivity index (χ0) is 30.0. The Hall–Kier alpha value is -4.65. The van der Waals surface area contributed by atoms with Gasteiger partial charge in [-0.1, -0.05) is 42.5 Å². The van der Waals surface area contributed by atoms with Crippen molar-refractivity contribution in [2.24, 2.45) is 0 Å². The molecular weight excluding hydrogens is 573 g/mol. The average Bonchev–Trinajstić information content (AvgIpc) is 3.00. The second-order valence-electron chi connectivity index (χ2n) is 10.1. The molecule has 5 aromatic rings. The van der Waals surface area contributed by atoms with Crippen molar-refractivity contribution >= 4 is 32.5 Å². The summed E-state index contributed by atoms with van der Waals surface area (Å²) in [5.74, 6) is 0.172. The number of aromatic nitrogens is 3. The van der Waals surface area contributed by atoms with Crippen LogP contribution in [0.15, 0.2) is 94.7 Å². The Kier molecular flexibility index (Phi) is 7.89. The van der Waals surface area contributed by atoms with Crippen LogP contribution in [0.3, 0.4) is 0 Å². The summed E-state index contributed by atoms with van der Waals surface area (Å²) >= 11 is 0. The van der Waals surface area contributed by atoms with Crippen molar-refractivity contribution in [2.45, 2.75) is 17.5 Å². The fourth-order valence-electron chi connectivity index (χ4n) is 4.95. The quantitative estimate of drug-likeness (QED) is 0.263. The van der Waals surface area contributed by atoms with Gasteiger partial charge in [0.25, 0.3) is 5.56 Å². The van der Waals surface area contributed by atoms with Gasteiger partial charge in [-0.25, -0.2) is 17.8 Å². The van der Waals surface area contributed by atoms with E-state index in [2.05, 4.69) is 20.6 Å². The van der Waals surface area contributed by atoms with E-state index in [0.717, 1.165) is 12.8 Å². The number of halogens is 1. The number of para-hydroxylation sites is 1. The van der Waals surface area contributed by atoms with Gasteiger partial charge >= 0.3 is 0 Å². The van der Waals surface area contributed by atoms with E-state index in [4.69, 9.17) is 9.47 Å². The first kappa shape index (κ1) is 28.5. The molecule has 1 fully saturated rings. The first-order valence-electron chi connectivity index (χ1n) is 13.6. The lowest BCUT2D eigenvalue weighted by Gasteiger charge is -2.24. The molecule has 0 amide bonds. The Bertz CT molecular complexity index is 1960. The maximum atomic E-state index is 15.0. The summed E-state index contributed by atoms with van der Waals surface area (Å²) in [6.07, 6.45) is 2.26. The Morgan fingerprint density at radius 2 is 1.88 bits per heavy atom. The third-order valence-corrected chi connectivity index (χ3v) is 8.19. The molecule has 0 saturated carbocycles. The van der Waals surface area contributed by atoms with Crippen molar-refractivity contribution in [3.63, 3.8) is 0 Å². The molecule has 0 aliphatic carbocycles. The fraction of sp³-hybridized carbons (Fsp3) is 0.194. The van der Waals surface area contributed by atoms with Gasteiger partial charge < -0.3 is 20.1 Å². The second kappa shape index (κ2) is 11.9. The summed E-state index contributed by atoms with van der Waals surface area (Å²) < 4.78 is 53.0. The first-order chi connectivity index (χ1) is 20.8. The van der Waals surface area contributed by atoms with E-state index < -0.39 is 21.2 Å². The highest BCUT2D eigenvalue weighted by Gasteiger charge is 2.21. The summed E-state index contributed by atoms with van der Waals surface area (Å²) in [7, 11) is -3.58. The van der Waals surface area contributed by atoms with E-state index in [1.165, 1.54) is 22.9 Å². The highest BCUT2D eigenvalue weighted by molar-refractivity contribution is 7.90. The van der Waals surface area contributed by atoms with Gasteiger partial charge in [0, 0.05) is 42.2 Å². The Balaban J connectivity index is 1.40. The molecule has 12 heteroatoms. The van der Waals surface area contributed by atoms with Gasteiger partial charge in [0.2, 0.25) is 5.95 Å². The minimum atomic E-state index is -3.58. The number of hydrogen-bond acceptors (Lipinski definition) is 9. The van der Waals surface area contributed by atoms with Crippen molar-refractivity contribution in [3.8, 4) is 11.5 Å². The van der Waals surface area contributed by atoms with Gasteiger partial charge in [-0.2, -0.15) is 4.98 Å². The third kappa shape index (κ3) is 6.26. The minimum absolute atomic E-state index is 0.0249. The van der Waals surface area contributed by atoms with Gasteiger partial charge in [-0.15, -0.1) is 0 Å². The molecule has 2 N–H and O–H groups in total. The zero-order valence-electron chi connectivity index (χ0n) is 23.2. The number of sulfone groups is 1. The van der Waals surface area contributed by atoms with Gasteiger partial charge in [-0.3, -0.25) is 9.36 Å². The molecular formula is C31H28FN5O5S. The van der Waals surface area contributed by atoms with E-state index in [9.17, 15) is 13.2 Å². The highest BCUT2D eigenvalue weighted by atomic mass is 32.2. The van der Waals surface area contributed by atoms with E-state index in [1.807, 2.05) is 6.07 Å². The number of morpholine rings is 1. The number of anilines is 2. The van der Waals surface area contributed by atoms with Crippen molar-refractivity contribution in [1.82, 2.24) is 19.9 Å². The van der Waals surface area contributed by atoms with Crippen LogP contribution in [-0.4, -0.2) is 48.9 Å². The van der Waals surface area contributed by atoms with Gasteiger partial charge in [-0.05, 0) is 42.0 Å². The highest BCUT2D eigenvalue weighted by Crippen LogP contribution is 2.27. The maximum Gasteiger partial charge on any atom is 0.295 e. The molecule has 0 bridgehead atoms. The normalized spacial score (nSPS) is 15.3. The predicted octanol–water partition coefficient (Wildman–Crippen LogP) is 4.58. The number of nitrogens with zero attached hydrogens (tertiary/aromatic N) is 3. The standard InChI is InChI=1S/C31H28FN5O5S/c1-43(39,40)28-10-6-5-7-20(28)19-37-29-21(15-26(30(37)38)42-23-8-3-2-4-9-23)17-34-31(36-29)35-22-11-12-24(25(32)16-22)27-18-33-13-14-41-27/h2-12,15-17,27,33H,13-14,18-19H2,1H3,(H,34,35,36). The number of benzene rings is 3.